The zero-order valence-electron chi connectivity index (χ0n) is 9.82. The fourth-order valence-electron chi connectivity index (χ4n) is 1.36. The molecule has 0 fully saturated rings. The van der Waals surface area contributed by atoms with Crippen molar-refractivity contribution in [1.82, 2.24) is 0 Å². The first-order chi connectivity index (χ1) is 8.86. The van der Waals surface area contributed by atoms with Crippen molar-refractivity contribution in [3.63, 3.8) is 0 Å². The predicted molar refractivity (Wildman–Crippen MR) is 74.9 cm³/mol. The molecule has 2 aromatic rings. The van der Waals surface area contributed by atoms with Crippen LogP contribution in [0, 0.1) is 6.92 Å². The number of hydrogen-bond donors (Lipinski definition) is 1. The minimum atomic E-state index is -4.17. The molecule has 1 N–H and O–H groups in total. The Kier molecular flexibility index (Phi) is 6.11. The van der Waals surface area contributed by atoms with Crippen LogP contribution in [0.15, 0.2) is 47.7 Å². The molecule has 0 bridgehead atoms. The third-order valence-electron chi connectivity index (χ3n) is 2.33. The van der Waals surface area contributed by atoms with Crippen LogP contribution in [0.25, 0.3) is 0 Å². The Morgan fingerprint density at radius 2 is 1.80 bits per heavy atom. The van der Waals surface area contributed by atoms with E-state index in [1.54, 1.807) is 19.1 Å². The zero-order chi connectivity index (χ0) is 14.0. The second kappa shape index (κ2) is 6.97. The summed E-state index contributed by atoms with van der Waals surface area (Å²) in [4.78, 5) is 11.5. The zero-order valence-corrected chi connectivity index (χ0v) is 11.5. The fourth-order valence-corrected chi connectivity index (χ4v) is 2.73. The number of benzene rings is 1. The third kappa shape index (κ3) is 4.51. The van der Waals surface area contributed by atoms with E-state index in [1.165, 1.54) is 23.9 Å². The molecule has 1 aromatic heterocycles. The molecule has 20 heavy (non-hydrogen) atoms. The predicted octanol–water partition coefficient (Wildman–Crippen LogP) is 1.43. The van der Waals surface area contributed by atoms with Crippen LogP contribution in [0.5, 0.6) is 0 Å². The van der Waals surface area contributed by atoms with Crippen molar-refractivity contribution in [3.05, 3.63) is 46.4 Å². The second-order valence-corrected chi connectivity index (χ2v) is 6.14. The summed E-state index contributed by atoms with van der Waals surface area (Å²) < 4.78 is 40.1. The molecule has 0 aliphatic rings. The summed E-state index contributed by atoms with van der Waals surface area (Å²) in [6.45, 7) is 1.63. The van der Waals surface area contributed by atoms with Gasteiger partial charge in [-0.25, -0.2) is 4.79 Å². The number of rotatable bonds is 4. The second-order valence-electron chi connectivity index (χ2n) is 3.67. The summed E-state index contributed by atoms with van der Waals surface area (Å²) in [6, 6.07) is 5.72. The first-order valence-corrected chi connectivity index (χ1v) is 7.58. The molecule has 0 unspecified atom stereocenters. The Morgan fingerprint density at radius 3 is 2.25 bits per heavy atom. The molecule has 0 saturated heterocycles. The SMILES string of the molecule is Cc1oc(=O)oc1CSc1ccc(S(=O)(=O)O)cc1.[NaH]. The van der Waals surface area contributed by atoms with Crippen LogP contribution < -0.4 is 5.82 Å². The Morgan fingerprint density at radius 1 is 1.20 bits per heavy atom. The standard InChI is InChI=1S/C11H10O6S2.Na.H/c1-7-10(17-11(12)16-7)6-18-8-2-4-9(5-3-8)19(13,14)15;;/h2-5H,6H2,1H3,(H,13,14,15);;. The average molecular weight is 326 g/mol. The van der Waals surface area contributed by atoms with Crippen LogP contribution in [0.3, 0.4) is 0 Å². The normalized spacial score (nSPS) is 11.1. The molecule has 2 rings (SSSR count). The summed E-state index contributed by atoms with van der Waals surface area (Å²) >= 11 is 1.35. The van der Waals surface area contributed by atoms with Gasteiger partial charge in [-0.2, -0.15) is 8.42 Å². The molecule has 0 saturated carbocycles. The van der Waals surface area contributed by atoms with Crippen molar-refractivity contribution in [2.75, 3.05) is 0 Å². The van der Waals surface area contributed by atoms with Crippen LogP contribution in [0.1, 0.15) is 11.5 Å². The van der Waals surface area contributed by atoms with E-state index in [0.717, 1.165) is 4.90 Å². The molecule has 0 spiro atoms. The molecule has 1 aromatic carbocycles. The van der Waals surface area contributed by atoms with Crippen molar-refractivity contribution < 1.29 is 21.8 Å². The van der Waals surface area contributed by atoms with E-state index in [2.05, 4.69) is 0 Å². The Balaban J connectivity index is 0.00000200. The van der Waals surface area contributed by atoms with Crippen LogP contribution in [0.4, 0.5) is 0 Å². The molecule has 0 radical (unpaired) electrons. The van der Waals surface area contributed by atoms with Crippen molar-refractivity contribution >= 4 is 51.4 Å². The van der Waals surface area contributed by atoms with Crippen molar-refractivity contribution in [2.45, 2.75) is 22.5 Å². The van der Waals surface area contributed by atoms with E-state index in [-0.39, 0.29) is 34.5 Å². The van der Waals surface area contributed by atoms with Crippen molar-refractivity contribution in [1.29, 1.82) is 0 Å². The van der Waals surface area contributed by atoms with Gasteiger partial charge in [0, 0.05) is 4.90 Å². The van der Waals surface area contributed by atoms with Gasteiger partial charge in [-0.3, -0.25) is 4.55 Å². The van der Waals surface area contributed by atoms with Crippen molar-refractivity contribution in [2.24, 2.45) is 0 Å². The van der Waals surface area contributed by atoms with E-state index in [4.69, 9.17) is 13.4 Å². The molecular formula is C11H11NaO6S2. The van der Waals surface area contributed by atoms with E-state index < -0.39 is 15.9 Å². The maximum absolute atomic E-state index is 10.9. The van der Waals surface area contributed by atoms with Gasteiger partial charge in [0.1, 0.15) is 5.76 Å². The molecular weight excluding hydrogens is 315 g/mol. The summed E-state index contributed by atoms with van der Waals surface area (Å²) in [5.41, 5.74) is 0. The van der Waals surface area contributed by atoms with Gasteiger partial charge in [-0.15, -0.1) is 11.8 Å². The maximum atomic E-state index is 10.9. The quantitative estimate of drug-likeness (QED) is 0.515. The minimum absolute atomic E-state index is 0. The molecule has 9 heteroatoms. The van der Waals surface area contributed by atoms with E-state index in [0.29, 0.717) is 17.3 Å². The number of aryl methyl sites for hydroxylation is 1. The number of thioether (sulfide) groups is 1. The summed E-state index contributed by atoms with van der Waals surface area (Å²) in [5, 5.41) is 0. The molecule has 104 valence electrons. The fraction of sp³-hybridized carbons (Fsp3) is 0.182. The number of hydrogen-bond acceptors (Lipinski definition) is 6. The first kappa shape index (κ1) is 17.5. The van der Waals surface area contributed by atoms with Crippen LogP contribution >= 0.6 is 11.8 Å². The van der Waals surface area contributed by atoms with Gasteiger partial charge in [0.05, 0.1) is 10.6 Å². The average Bonchev–Trinajstić information content (AvgIpc) is 2.65. The summed E-state index contributed by atoms with van der Waals surface area (Å²) in [6.07, 6.45) is 0. The molecule has 6 nitrogen and oxygen atoms in total. The van der Waals surface area contributed by atoms with Gasteiger partial charge in [0.25, 0.3) is 10.1 Å². The van der Waals surface area contributed by atoms with Gasteiger partial charge in [0.15, 0.2) is 5.76 Å². The summed E-state index contributed by atoms with van der Waals surface area (Å²) in [5.74, 6) is 0.513. The van der Waals surface area contributed by atoms with E-state index in [1.807, 2.05) is 0 Å². The van der Waals surface area contributed by atoms with Gasteiger partial charge in [0.2, 0.25) is 0 Å². The molecule has 1 heterocycles. The van der Waals surface area contributed by atoms with Crippen LogP contribution in [0.2, 0.25) is 0 Å². The Bertz CT molecular complexity index is 729. The van der Waals surface area contributed by atoms with Crippen LogP contribution in [-0.4, -0.2) is 42.5 Å². The van der Waals surface area contributed by atoms with Gasteiger partial charge < -0.3 is 8.83 Å². The molecule has 0 aliphatic carbocycles. The Hall–Kier alpha value is -0.510. The third-order valence-corrected chi connectivity index (χ3v) is 4.21. The van der Waals surface area contributed by atoms with Crippen molar-refractivity contribution in [3.8, 4) is 0 Å². The van der Waals surface area contributed by atoms with Crippen LogP contribution in [-0.2, 0) is 15.9 Å². The Labute approximate surface area is 141 Å². The molecule has 0 aliphatic heterocycles. The van der Waals surface area contributed by atoms with E-state index in [9.17, 15) is 13.2 Å². The van der Waals surface area contributed by atoms with E-state index >= 15 is 0 Å². The van der Waals surface area contributed by atoms with Gasteiger partial charge >= 0.3 is 35.4 Å². The monoisotopic (exact) mass is 326 g/mol. The molecule has 0 atom stereocenters. The first-order valence-electron chi connectivity index (χ1n) is 5.16. The van der Waals surface area contributed by atoms with Gasteiger partial charge in [-0.1, -0.05) is 0 Å². The summed E-state index contributed by atoms with van der Waals surface area (Å²) in [7, 11) is -4.17. The van der Waals surface area contributed by atoms with Gasteiger partial charge in [-0.05, 0) is 31.2 Å². The molecule has 0 amide bonds. The topological polar surface area (TPSA) is 97.7 Å².